The van der Waals surface area contributed by atoms with Crippen molar-refractivity contribution >= 4 is 5.91 Å². The van der Waals surface area contributed by atoms with Crippen LogP contribution in [0.25, 0.3) is 0 Å². The Bertz CT molecular complexity index is 622. The standard InChI is InChI=1S/C19H22N2O2/c22-18(21-13-9-17-8-4-5-12-20-17)19(10-14-23-15-11-19)16-6-2-1-3-7-16/h1-8,12H,9-11,13-15H2,(H,21,22). The highest BCUT2D eigenvalue weighted by Gasteiger charge is 2.41. The Morgan fingerprint density at radius 3 is 2.52 bits per heavy atom. The molecule has 1 amide bonds. The highest BCUT2D eigenvalue weighted by atomic mass is 16.5. The molecule has 0 unspecified atom stereocenters. The lowest BCUT2D eigenvalue weighted by atomic mass is 9.73. The summed E-state index contributed by atoms with van der Waals surface area (Å²) in [5.74, 6) is 0.0999. The van der Waals surface area contributed by atoms with Gasteiger partial charge in [-0.15, -0.1) is 0 Å². The minimum atomic E-state index is -0.469. The molecule has 0 saturated carbocycles. The van der Waals surface area contributed by atoms with Crippen molar-refractivity contribution in [2.45, 2.75) is 24.7 Å². The summed E-state index contributed by atoms with van der Waals surface area (Å²) in [6.45, 7) is 1.86. The van der Waals surface area contributed by atoms with Crippen LogP contribution in [0.4, 0.5) is 0 Å². The summed E-state index contributed by atoms with van der Waals surface area (Å²) in [5, 5.41) is 3.11. The third-order valence-corrected chi connectivity index (χ3v) is 4.50. The molecule has 2 heterocycles. The number of nitrogens with one attached hydrogen (secondary N) is 1. The summed E-state index contributed by atoms with van der Waals surface area (Å²) in [6, 6.07) is 15.9. The number of hydrogen-bond acceptors (Lipinski definition) is 3. The van der Waals surface area contributed by atoms with Gasteiger partial charge in [0.05, 0.1) is 5.41 Å². The molecule has 1 saturated heterocycles. The third-order valence-electron chi connectivity index (χ3n) is 4.50. The lowest BCUT2D eigenvalue weighted by Gasteiger charge is -2.36. The zero-order valence-corrected chi connectivity index (χ0v) is 13.2. The number of nitrogens with zero attached hydrogens (tertiary/aromatic N) is 1. The van der Waals surface area contributed by atoms with Crippen molar-refractivity contribution in [3.8, 4) is 0 Å². The van der Waals surface area contributed by atoms with Crippen LogP contribution in [0.15, 0.2) is 54.7 Å². The van der Waals surface area contributed by atoms with Crippen molar-refractivity contribution in [3.05, 3.63) is 66.0 Å². The SMILES string of the molecule is O=C(NCCc1ccccn1)C1(c2ccccc2)CCOCC1. The third kappa shape index (κ3) is 3.59. The number of hydrogen-bond donors (Lipinski definition) is 1. The molecule has 3 rings (SSSR count). The van der Waals surface area contributed by atoms with Crippen LogP contribution in [0.2, 0.25) is 0 Å². The molecule has 0 spiro atoms. The van der Waals surface area contributed by atoms with Crippen LogP contribution in [0.5, 0.6) is 0 Å². The molecular formula is C19H22N2O2. The van der Waals surface area contributed by atoms with Crippen LogP contribution < -0.4 is 5.32 Å². The van der Waals surface area contributed by atoms with Crippen LogP contribution in [-0.2, 0) is 21.4 Å². The van der Waals surface area contributed by atoms with Gasteiger partial charge in [0.2, 0.25) is 5.91 Å². The van der Waals surface area contributed by atoms with Gasteiger partial charge >= 0.3 is 0 Å². The first-order chi connectivity index (χ1) is 11.3. The topological polar surface area (TPSA) is 51.2 Å². The second kappa shape index (κ2) is 7.38. The van der Waals surface area contributed by atoms with Crippen molar-refractivity contribution in [2.75, 3.05) is 19.8 Å². The van der Waals surface area contributed by atoms with Gasteiger partial charge in [0.25, 0.3) is 0 Å². The summed E-state index contributed by atoms with van der Waals surface area (Å²) in [7, 11) is 0. The van der Waals surface area contributed by atoms with Gasteiger partial charge in [-0.25, -0.2) is 0 Å². The van der Waals surface area contributed by atoms with E-state index in [-0.39, 0.29) is 5.91 Å². The maximum atomic E-state index is 12.9. The normalized spacial score (nSPS) is 16.7. The molecule has 1 aromatic heterocycles. The quantitative estimate of drug-likeness (QED) is 0.923. The predicted molar refractivity (Wildman–Crippen MR) is 89.1 cm³/mol. The molecule has 1 fully saturated rings. The zero-order chi connectivity index (χ0) is 16.0. The van der Waals surface area contributed by atoms with Crippen LogP contribution in [0, 0.1) is 0 Å². The van der Waals surface area contributed by atoms with E-state index in [4.69, 9.17) is 4.74 Å². The largest absolute Gasteiger partial charge is 0.381 e. The minimum absolute atomic E-state index is 0.0999. The summed E-state index contributed by atoms with van der Waals surface area (Å²) in [6.07, 6.45) is 3.98. The second-order valence-electron chi connectivity index (χ2n) is 5.89. The van der Waals surface area contributed by atoms with E-state index in [0.717, 1.165) is 30.5 Å². The van der Waals surface area contributed by atoms with Crippen molar-refractivity contribution < 1.29 is 9.53 Å². The van der Waals surface area contributed by atoms with Crippen LogP contribution in [0.3, 0.4) is 0 Å². The number of carbonyl (C=O) groups excluding carboxylic acids is 1. The van der Waals surface area contributed by atoms with Crippen molar-refractivity contribution in [3.63, 3.8) is 0 Å². The molecule has 0 radical (unpaired) electrons. The predicted octanol–water partition coefficient (Wildman–Crippen LogP) is 2.49. The fraction of sp³-hybridized carbons (Fsp3) is 0.368. The summed E-state index contributed by atoms with van der Waals surface area (Å²) in [4.78, 5) is 17.2. The van der Waals surface area contributed by atoms with E-state index in [1.165, 1.54) is 0 Å². The molecule has 0 atom stereocenters. The summed E-state index contributed by atoms with van der Waals surface area (Å²) < 4.78 is 5.48. The number of amides is 1. The van der Waals surface area contributed by atoms with Gasteiger partial charge < -0.3 is 10.1 Å². The van der Waals surface area contributed by atoms with Gasteiger partial charge in [-0.2, -0.15) is 0 Å². The fourth-order valence-corrected chi connectivity index (χ4v) is 3.14. The first kappa shape index (κ1) is 15.7. The van der Waals surface area contributed by atoms with E-state index in [1.54, 1.807) is 6.20 Å². The minimum Gasteiger partial charge on any atom is -0.381 e. The van der Waals surface area contributed by atoms with E-state index in [2.05, 4.69) is 10.3 Å². The molecule has 2 aromatic rings. The Morgan fingerprint density at radius 2 is 1.83 bits per heavy atom. The molecule has 4 heteroatoms. The fourth-order valence-electron chi connectivity index (χ4n) is 3.14. The Kier molecular flexibility index (Phi) is 5.03. The lowest BCUT2D eigenvalue weighted by Crippen LogP contribution is -2.48. The lowest BCUT2D eigenvalue weighted by molar-refractivity contribution is -0.130. The molecule has 120 valence electrons. The van der Waals surface area contributed by atoms with Gasteiger partial charge in [-0.3, -0.25) is 9.78 Å². The Morgan fingerprint density at radius 1 is 1.09 bits per heavy atom. The number of rotatable bonds is 5. The van der Waals surface area contributed by atoms with Crippen molar-refractivity contribution in [1.82, 2.24) is 10.3 Å². The first-order valence-corrected chi connectivity index (χ1v) is 8.13. The molecule has 23 heavy (non-hydrogen) atoms. The molecule has 1 aliphatic rings. The van der Waals surface area contributed by atoms with E-state index in [1.807, 2.05) is 48.5 Å². The molecular weight excluding hydrogens is 288 g/mol. The van der Waals surface area contributed by atoms with Crippen molar-refractivity contribution in [1.29, 1.82) is 0 Å². The molecule has 1 aliphatic heterocycles. The van der Waals surface area contributed by atoms with E-state index in [9.17, 15) is 4.79 Å². The highest BCUT2D eigenvalue weighted by molar-refractivity contribution is 5.88. The number of aromatic nitrogens is 1. The van der Waals surface area contributed by atoms with Crippen LogP contribution in [-0.4, -0.2) is 30.6 Å². The first-order valence-electron chi connectivity index (χ1n) is 8.13. The maximum absolute atomic E-state index is 12.9. The number of pyridine rings is 1. The molecule has 0 aliphatic carbocycles. The van der Waals surface area contributed by atoms with Crippen LogP contribution in [0.1, 0.15) is 24.1 Å². The van der Waals surface area contributed by atoms with Crippen molar-refractivity contribution in [2.24, 2.45) is 0 Å². The van der Waals surface area contributed by atoms with E-state index < -0.39 is 5.41 Å². The van der Waals surface area contributed by atoms with Gasteiger partial charge in [0.15, 0.2) is 0 Å². The maximum Gasteiger partial charge on any atom is 0.230 e. The molecule has 1 aromatic carbocycles. The highest BCUT2D eigenvalue weighted by Crippen LogP contribution is 2.35. The number of carbonyl (C=O) groups is 1. The number of benzene rings is 1. The Labute approximate surface area is 136 Å². The number of ether oxygens (including phenoxy) is 1. The van der Waals surface area contributed by atoms with Crippen LogP contribution >= 0.6 is 0 Å². The summed E-state index contributed by atoms with van der Waals surface area (Å²) in [5.41, 5.74) is 1.61. The molecule has 1 N–H and O–H groups in total. The summed E-state index contributed by atoms with van der Waals surface area (Å²) >= 11 is 0. The smallest absolute Gasteiger partial charge is 0.230 e. The molecule has 4 nitrogen and oxygen atoms in total. The second-order valence-corrected chi connectivity index (χ2v) is 5.89. The van der Waals surface area contributed by atoms with E-state index in [0.29, 0.717) is 19.8 Å². The average Bonchev–Trinajstić information content (AvgIpc) is 2.64. The van der Waals surface area contributed by atoms with Gasteiger partial charge in [0, 0.05) is 38.1 Å². The Hall–Kier alpha value is -2.20. The van der Waals surface area contributed by atoms with Gasteiger partial charge in [-0.05, 0) is 30.5 Å². The van der Waals surface area contributed by atoms with Gasteiger partial charge in [0.1, 0.15) is 0 Å². The molecule has 0 bridgehead atoms. The van der Waals surface area contributed by atoms with E-state index >= 15 is 0 Å². The zero-order valence-electron chi connectivity index (χ0n) is 13.2. The monoisotopic (exact) mass is 310 g/mol. The van der Waals surface area contributed by atoms with Gasteiger partial charge in [-0.1, -0.05) is 36.4 Å². The Balaban J connectivity index is 1.69. The average molecular weight is 310 g/mol.